The van der Waals surface area contributed by atoms with Crippen molar-refractivity contribution in [3.63, 3.8) is 0 Å². The average molecular weight is 472 g/mol. The molecular weight excluding hydrogens is 439 g/mol. The molecule has 0 saturated carbocycles. The van der Waals surface area contributed by atoms with E-state index in [0.717, 1.165) is 11.8 Å². The molecule has 0 spiro atoms. The van der Waals surface area contributed by atoms with Crippen molar-refractivity contribution >= 4 is 31.3 Å². The summed E-state index contributed by atoms with van der Waals surface area (Å²) < 4.78 is 33.8. The molecule has 0 radical (unpaired) electrons. The van der Waals surface area contributed by atoms with Crippen LogP contribution in [0, 0.1) is 10.8 Å². The van der Waals surface area contributed by atoms with Gasteiger partial charge in [0.15, 0.2) is 0 Å². The molecule has 0 aromatic carbocycles. The predicted octanol–water partition coefficient (Wildman–Crippen LogP) is 1.85. The summed E-state index contributed by atoms with van der Waals surface area (Å²) in [5.74, 6) is -1.23. The number of aliphatic hydroxyl groups excluding tert-OH is 3. The van der Waals surface area contributed by atoms with Gasteiger partial charge >= 0.3 is 19.5 Å². The van der Waals surface area contributed by atoms with E-state index in [1.54, 1.807) is 48.5 Å². The minimum Gasteiger partial charge on any atom is -0.438 e. The van der Waals surface area contributed by atoms with Crippen molar-refractivity contribution in [1.29, 1.82) is 0 Å². The van der Waals surface area contributed by atoms with E-state index in [0.29, 0.717) is 0 Å². The van der Waals surface area contributed by atoms with Crippen LogP contribution in [0.3, 0.4) is 0 Å². The molecule has 0 aromatic heterocycles. The molecule has 1 saturated heterocycles. The summed E-state index contributed by atoms with van der Waals surface area (Å²) in [5, 5.41) is 29.8. The van der Waals surface area contributed by atoms with Crippen molar-refractivity contribution in [3.8, 4) is 0 Å². The summed E-state index contributed by atoms with van der Waals surface area (Å²) in [5.41, 5.74) is -1.66. The Morgan fingerprint density at radius 2 is 1.23 bits per heavy atom. The van der Waals surface area contributed by atoms with E-state index >= 15 is 0 Å². The van der Waals surface area contributed by atoms with Crippen LogP contribution in [0.1, 0.15) is 48.5 Å². The molecule has 30 heavy (non-hydrogen) atoms. The molecule has 0 aliphatic carbocycles. The molecular formula is C18H33O10PS. The zero-order chi connectivity index (χ0) is 23.5. The number of thioether (sulfide) groups is 1. The molecule has 1 rings (SSSR count). The molecule has 0 aromatic rings. The summed E-state index contributed by atoms with van der Waals surface area (Å²) in [4.78, 5) is 22.5. The van der Waals surface area contributed by atoms with Gasteiger partial charge in [0.25, 0.3) is 0 Å². The summed E-state index contributed by atoms with van der Waals surface area (Å²) >= 11 is 0.888. The van der Waals surface area contributed by atoms with Crippen LogP contribution in [0.4, 0.5) is 0 Å². The minimum absolute atomic E-state index is 0.608. The number of esters is 2. The maximum Gasteiger partial charge on any atom is 0.352 e. The molecule has 1 unspecified atom stereocenters. The van der Waals surface area contributed by atoms with E-state index in [9.17, 15) is 29.5 Å². The number of carbonyl (C=O) groups is 2. The molecule has 10 nitrogen and oxygen atoms in total. The van der Waals surface area contributed by atoms with Crippen LogP contribution < -0.4 is 0 Å². The Labute approximate surface area is 181 Å². The predicted molar refractivity (Wildman–Crippen MR) is 109 cm³/mol. The molecule has 1 aliphatic rings. The maximum absolute atomic E-state index is 13.4. The third kappa shape index (κ3) is 7.19. The SMILES string of the molecule is C[C@@H]1SC(P(=O)(OCOC(=O)C(C)(C)C)OCOC(=O)C(C)(C)C)[C@@H](O)[C@H](O)[C@@H]1O. The van der Waals surface area contributed by atoms with Gasteiger partial charge in [0, 0.05) is 5.25 Å². The maximum atomic E-state index is 13.4. The number of aliphatic hydroxyl groups is 3. The molecule has 176 valence electrons. The summed E-state index contributed by atoms with van der Waals surface area (Å²) in [6, 6.07) is 0. The van der Waals surface area contributed by atoms with Crippen molar-refractivity contribution in [2.24, 2.45) is 10.8 Å². The molecule has 12 heteroatoms. The highest BCUT2D eigenvalue weighted by Gasteiger charge is 2.52. The fourth-order valence-corrected chi connectivity index (χ4v) is 6.15. The lowest BCUT2D eigenvalue weighted by molar-refractivity contribution is -0.162. The first kappa shape index (κ1) is 27.4. The second-order valence-corrected chi connectivity index (χ2v) is 13.1. The molecule has 0 bridgehead atoms. The first-order valence-electron chi connectivity index (χ1n) is 9.43. The van der Waals surface area contributed by atoms with Gasteiger partial charge in [-0.05, 0) is 41.5 Å². The van der Waals surface area contributed by atoms with E-state index in [1.165, 1.54) is 0 Å². The zero-order valence-electron chi connectivity index (χ0n) is 18.4. The van der Waals surface area contributed by atoms with E-state index < -0.39 is 72.5 Å². The van der Waals surface area contributed by atoms with Crippen LogP contribution in [-0.2, 0) is 32.7 Å². The van der Waals surface area contributed by atoms with E-state index in [2.05, 4.69) is 0 Å². The standard InChI is InChI=1S/C18H33O10PS/c1-10-11(19)12(20)13(21)14(30-10)29(24,27-8-25-15(22)17(2,3)4)28-9-26-16(23)18(5,6)7/h10-14,19-21H,8-9H2,1-7H3/t10-,11+,12+,13-,14?/m0/s1. The molecule has 1 aliphatic heterocycles. The van der Waals surface area contributed by atoms with Crippen LogP contribution in [0.5, 0.6) is 0 Å². The van der Waals surface area contributed by atoms with Crippen LogP contribution in [0.15, 0.2) is 0 Å². The molecule has 3 N–H and O–H groups in total. The van der Waals surface area contributed by atoms with Crippen molar-refractivity contribution in [2.45, 2.75) is 77.0 Å². The number of hydrogen-bond donors (Lipinski definition) is 3. The fourth-order valence-electron chi connectivity index (χ4n) is 2.21. The third-order valence-electron chi connectivity index (χ3n) is 4.21. The lowest BCUT2D eigenvalue weighted by Gasteiger charge is -2.40. The van der Waals surface area contributed by atoms with Crippen molar-refractivity contribution in [2.75, 3.05) is 13.6 Å². The van der Waals surface area contributed by atoms with Gasteiger partial charge in [-0.25, -0.2) is 0 Å². The van der Waals surface area contributed by atoms with Gasteiger partial charge in [-0.2, -0.15) is 0 Å². The van der Waals surface area contributed by atoms with Gasteiger partial charge in [0.05, 0.1) is 16.9 Å². The van der Waals surface area contributed by atoms with Gasteiger partial charge in [-0.3, -0.25) is 23.2 Å². The molecule has 1 heterocycles. The van der Waals surface area contributed by atoms with E-state index in [4.69, 9.17) is 18.5 Å². The fraction of sp³-hybridized carbons (Fsp3) is 0.889. The Kier molecular flexibility index (Phi) is 9.38. The highest BCUT2D eigenvalue weighted by molar-refractivity contribution is 8.06. The van der Waals surface area contributed by atoms with Crippen LogP contribution >= 0.6 is 19.4 Å². The number of hydrogen-bond acceptors (Lipinski definition) is 11. The topological polar surface area (TPSA) is 149 Å². The van der Waals surface area contributed by atoms with Gasteiger partial charge in [-0.15, -0.1) is 11.8 Å². The second kappa shape index (κ2) is 10.3. The smallest absolute Gasteiger partial charge is 0.352 e. The van der Waals surface area contributed by atoms with Crippen molar-refractivity contribution in [3.05, 3.63) is 0 Å². The third-order valence-corrected chi connectivity index (χ3v) is 8.47. The Hall–Kier alpha value is -0.680. The summed E-state index contributed by atoms with van der Waals surface area (Å²) in [7, 11) is -4.28. The van der Waals surface area contributed by atoms with Crippen LogP contribution in [-0.4, -0.2) is 69.4 Å². The quantitative estimate of drug-likeness (QED) is 0.283. The van der Waals surface area contributed by atoms with Crippen molar-refractivity contribution in [1.82, 2.24) is 0 Å². The average Bonchev–Trinajstić information content (AvgIpc) is 2.61. The minimum atomic E-state index is -4.28. The van der Waals surface area contributed by atoms with Gasteiger partial charge in [-0.1, -0.05) is 6.92 Å². The Morgan fingerprint density at radius 3 is 1.60 bits per heavy atom. The monoisotopic (exact) mass is 472 g/mol. The normalized spacial score (nSPS) is 28.1. The second-order valence-electron chi connectivity index (χ2n) is 9.10. The first-order valence-corrected chi connectivity index (χ1v) is 12.0. The van der Waals surface area contributed by atoms with Gasteiger partial charge < -0.3 is 24.8 Å². The summed E-state index contributed by atoms with van der Waals surface area (Å²) in [6.07, 6.45) is -4.52. The number of carbonyl (C=O) groups excluding carboxylic acids is 2. The first-order chi connectivity index (χ1) is 13.5. The Bertz CT molecular complexity index is 620. The van der Waals surface area contributed by atoms with Gasteiger partial charge in [0.1, 0.15) is 17.2 Å². The molecule has 5 atom stereocenters. The van der Waals surface area contributed by atoms with Crippen molar-refractivity contribution < 1.29 is 48.0 Å². The highest BCUT2D eigenvalue weighted by atomic mass is 32.2. The molecule has 0 amide bonds. The van der Waals surface area contributed by atoms with E-state index in [-0.39, 0.29) is 0 Å². The lowest BCUT2D eigenvalue weighted by atomic mass is 9.98. The van der Waals surface area contributed by atoms with Crippen LogP contribution in [0.25, 0.3) is 0 Å². The summed E-state index contributed by atoms with van der Waals surface area (Å²) in [6.45, 7) is 9.83. The lowest BCUT2D eigenvalue weighted by Crippen LogP contribution is -2.52. The number of ether oxygens (including phenoxy) is 2. The highest BCUT2D eigenvalue weighted by Crippen LogP contribution is 2.61. The Balaban J connectivity index is 2.96. The van der Waals surface area contributed by atoms with Gasteiger partial charge in [0.2, 0.25) is 13.6 Å². The molecule has 1 fully saturated rings. The zero-order valence-corrected chi connectivity index (χ0v) is 20.1. The largest absolute Gasteiger partial charge is 0.438 e. The Morgan fingerprint density at radius 1 is 0.833 bits per heavy atom. The van der Waals surface area contributed by atoms with E-state index in [1.807, 2.05) is 0 Å². The van der Waals surface area contributed by atoms with Crippen LogP contribution in [0.2, 0.25) is 0 Å². The number of rotatable bonds is 7.